The van der Waals surface area contributed by atoms with E-state index in [0.717, 1.165) is 16.7 Å². The third kappa shape index (κ3) is 4.46. The number of benzene rings is 3. The van der Waals surface area contributed by atoms with Crippen LogP contribution in [0, 0.1) is 5.82 Å². The zero-order valence-electron chi connectivity index (χ0n) is 15.9. The second-order valence-corrected chi connectivity index (χ2v) is 6.39. The van der Waals surface area contributed by atoms with Gasteiger partial charge in [-0.1, -0.05) is 60.7 Å². The summed E-state index contributed by atoms with van der Waals surface area (Å²) >= 11 is 0. The highest BCUT2D eigenvalue weighted by molar-refractivity contribution is 5.92. The van der Waals surface area contributed by atoms with E-state index in [1.165, 1.54) is 18.2 Å². The van der Waals surface area contributed by atoms with Crippen molar-refractivity contribution in [2.45, 2.75) is 6.04 Å². The second-order valence-electron chi connectivity index (χ2n) is 6.39. The monoisotopic (exact) mass is 375 g/mol. The van der Waals surface area contributed by atoms with E-state index in [-0.39, 0.29) is 17.8 Å². The quantitative estimate of drug-likeness (QED) is 0.561. The van der Waals surface area contributed by atoms with Crippen molar-refractivity contribution < 1.29 is 13.9 Å². The summed E-state index contributed by atoms with van der Waals surface area (Å²) in [6.07, 6.45) is 3.27. The highest BCUT2D eigenvalue weighted by Crippen LogP contribution is 2.28. The Morgan fingerprint density at radius 1 is 0.929 bits per heavy atom. The lowest BCUT2D eigenvalue weighted by atomic mass is 9.97. The molecule has 1 amide bonds. The third-order valence-corrected chi connectivity index (χ3v) is 4.58. The predicted octanol–water partition coefficient (Wildman–Crippen LogP) is 5.10. The van der Waals surface area contributed by atoms with Crippen LogP contribution in [0.5, 0.6) is 5.75 Å². The molecule has 0 radical (unpaired) electrons. The van der Waals surface area contributed by atoms with Gasteiger partial charge in [-0.25, -0.2) is 4.39 Å². The average Bonchev–Trinajstić information content (AvgIpc) is 2.74. The molecule has 3 aromatic rings. The molecule has 0 aliphatic rings. The van der Waals surface area contributed by atoms with E-state index in [1.54, 1.807) is 37.3 Å². The maximum absolute atomic E-state index is 13.4. The zero-order chi connectivity index (χ0) is 19.9. The molecule has 0 fully saturated rings. The minimum Gasteiger partial charge on any atom is -0.496 e. The summed E-state index contributed by atoms with van der Waals surface area (Å²) in [5.74, 6) is 0.233. The summed E-state index contributed by atoms with van der Waals surface area (Å²) in [7, 11) is 3.34. The second kappa shape index (κ2) is 9.00. The molecule has 0 saturated carbocycles. The number of hydrogen-bond acceptors (Lipinski definition) is 2. The van der Waals surface area contributed by atoms with Gasteiger partial charge in [-0.05, 0) is 35.4 Å². The zero-order valence-corrected chi connectivity index (χ0v) is 15.9. The van der Waals surface area contributed by atoms with E-state index in [9.17, 15) is 9.18 Å². The minimum absolute atomic E-state index is 0.163. The van der Waals surface area contributed by atoms with Crippen LogP contribution < -0.4 is 4.74 Å². The van der Waals surface area contributed by atoms with E-state index < -0.39 is 0 Å². The number of carbonyl (C=O) groups excluding carboxylic acids is 1. The van der Waals surface area contributed by atoms with Crippen molar-refractivity contribution in [3.63, 3.8) is 0 Å². The first-order valence-corrected chi connectivity index (χ1v) is 8.98. The van der Waals surface area contributed by atoms with E-state index >= 15 is 0 Å². The number of rotatable bonds is 6. The molecular weight excluding hydrogens is 353 g/mol. The summed E-state index contributed by atoms with van der Waals surface area (Å²) in [5.41, 5.74) is 2.62. The summed E-state index contributed by atoms with van der Waals surface area (Å²) < 4.78 is 18.7. The number of amides is 1. The molecule has 4 heteroatoms. The molecule has 142 valence electrons. The molecular formula is C24H22FNO2. The van der Waals surface area contributed by atoms with Gasteiger partial charge < -0.3 is 9.64 Å². The molecule has 0 aliphatic heterocycles. The SMILES string of the molecule is COc1ccccc1/C=C/C(=O)N(C)C(c1ccccc1)c1ccc(F)cc1. The van der Waals surface area contributed by atoms with Crippen molar-refractivity contribution >= 4 is 12.0 Å². The van der Waals surface area contributed by atoms with E-state index in [2.05, 4.69) is 0 Å². The van der Waals surface area contributed by atoms with Gasteiger partial charge in [0, 0.05) is 18.7 Å². The van der Waals surface area contributed by atoms with Gasteiger partial charge in [0.25, 0.3) is 0 Å². The highest BCUT2D eigenvalue weighted by atomic mass is 19.1. The van der Waals surface area contributed by atoms with Crippen molar-refractivity contribution in [2.24, 2.45) is 0 Å². The molecule has 0 bridgehead atoms. The van der Waals surface area contributed by atoms with Gasteiger partial charge in [0.05, 0.1) is 13.2 Å². The van der Waals surface area contributed by atoms with Gasteiger partial charge in [-0.3, -0.25) is 4.79 Å². The predicted molar refractivity (Wildman–Crippen MR) is 109 cm³/mol. The Morgan fingerprint density at radius 2 is 1.54 bits per heavy atom. The first-order valence-electron chi connectivity index (χ1n) is 8.98. The van der Waals surface area contributed by atoms with Crippen LogP contribution in [-0.4, -0.2) is 25.0 Å². The Kier molecular flexibility index (Phi) is 6.22. The minimum atomic E-state index is -0.323. The number of nitrogens with zero attached hydrogens (tertiary/aromatic N) is 1. The largest absolute Gasteiger partial charge is 0.496 e. The van der Waals surface area contributed by atoms with Crippen LogP contribution in [-0.2, 0) is 4.79 Å². The highest BCUT2D eigenvalue weighted by Gasteiger charge is 2.22. The van der Waals surface area contributed by atoms with Crippen LogP contribution >= 0.6 is 0 Å². The maximum atomic E-state index is 13.4. The lowest BCUT2D eigenvalue weighted by Gasteiger charge is -2.28. The van der Waals surface area contributed by atoms with Crippen LogP contribution in [0.25, 0.3) is 6.08 Å². The fourth-order valence-corrected chi connectivity index (χ4v) is 3.13. The van der Waals surface area contributed by atoms with Gasteiger partial charge in [0.2, 0.25) is 5.91 Å². The first kappa shape index (κ1) is 19.4. The Hall–Kier alpha value is -3.40. The van der Waals surface area contributed by atoms with Crippen molar-refractivity contribution in [3.05, 3.63) is 107 Å². The van der Waals surface area contributed by atoms with Crippen LogP contribution in [0.15, 0.2) is 84.9 Å². The van der Waals surface area contributed by atoms with Gasteiger partial charge in [0.1, 0.15) is 11.6 Å². The van der Waals surface area contributed by atoms with Crippen LogP contribution in [0.1, 0.15) is 22.7 Å². The van der Waals surface area contributed by atoms with Crippen LogP contribution in [0.4, 0.5) is 4.39 Å². The average molecular weight is 375 g/mol. The summed E-state index contributed by atoms with van der Waals surface area (Å²) in [6.45, 7) is 0. The number of halogens is 1. The topological polar surface area (TPSA) is 29.5 Å². The molecule has 3 nitrogen and oxygen atoms in total. The number of carbonyl (C=O) groups is 1. The van der Waals surface area contributed by atoms with Crippen molar-refractivity contribution in [1.29, 1.82) is 0 Å². The van der Waals surface area contributed by atoms with Crippen LogP contribution in [0.2, 0.25) is 0 Å². The summed E-state index contributed by atoms with van der Waals surface area (Å²) in [5, 5.41) is 0. The Labute approximate surface area is 164 Å². The molecule has 1 unspecified atom stereocenters. The fourth-order valence-electron chi connectivity index (χ4n) is 3.13. The van der Waals surface area contributed by atoms with Gasteiger partial charge in [-0.15, -0.1) is 0 Å². The van der Waals surface area contributed by atoms with Crippen LogP contribution in [0.3, 0.4) is 0 Å². The molecule has 0 heterocycles. The van der Waals surface area contributed by atoms with Gasteiger partial charge in [0.15, 0.2) is 0 Å². The Morgan fingerprint density at radius 3 is 2.21 bits per heavy atom. The number of ether oxygens (including phenoxy) is 1. The molecule has 0 saturated heterocycles. The molecule has 1 atom stereocenters. The number of hydrogen-bond donors (Lipinski definition) is 0. The molecule has 0 spiro atoms. The van der Waals surface area contributed by atoms with E-state index in [1.807, 2.05) is 54.6 Å². The van der Waals surface area contributed by atoms with E-state index in [0.29, 0.717) is 5.75 Å². The standard InChI is InChI=1S/C24H22FNO2/c1-26(23(27)17-14-18-8-6-7-11-22(18)28-2)24(19-9-4-3-5-10-19)20-12-15-21(25)16-13-20/h3-17,24H,1-2H3/b17-14+. The molecule has 3 aromatic carbocycles. The van der Waals surface area contributed by atoms with Gasteiger partial charge in [-0.2, -0.15) is 0 Å². The smallest absolute Gasteiger partial charge is 0.247 e. The number of likely N-dealkylation sites (N-methyl/N-ethyl adjacent to an activating group) is 1. The Bertz CT molecular complexity index is 952. The molecule has 28 heavy (non-hydrogen) atoms. The van der Waals surface area contributed by atoms with Crippen molar-refractivity contribution in [2.75, 3.05) is 14.2 Å². The number of para-hydroxylation sites is 1. The van der Waals surface area contributed by atoms with Crippen molar-refractivity contribution in [1.82, 2.24) is 4.90 Å². The maximum Gasteiger partial charge on any atom is 0.247 e. The van der Waals surface area contributed by atoms with Gasteiger partial charge >= 0.3 is 0 Å². The van der Waals surface area contributed by atoms with E-state index in [4.69, 9.17) is 4.74 Å². The Balaban J connectivity index is 1.90. The first-order chi connectivity index (χ1) is 13.6. The third-order valence-electron chi connectivity index (χ3n) is 4.58. The summed E-state index contributed by atoms with van der Waals surface area (Å²) in [4.78, 5) is 14.5. The number of methoxy groups -OCH3 is 1. The molecule has 0 aromatic heterocycles. The molecule has 0 N–H and O–H groups in total. The fraction of sp³-hybridized carbons (Fsp3) is 0.125. The van der Waals surface area contributed by atoms with Crippen molar-refractivity contribution in [3.8, 4) is 5.75 Å². The molecule has 3 rings (SSSR count). The lowest BCUT2D eigenvalue weighted by molar-refractivity contribution is -0.126. The lowest BCUT2D eigenvalue weighted by Crippen LogP contribution is -2.30. The molecule has 0 aliphatic carbocycles. The summed E-state index contributed by atoms with van der Waals surface area (Å²) in [6, 6.07) is 23.1. The normalized spacial score (nSPS) is 12.0.